The lowest BCUT2D eigenvalue weighted by Crippen LogP contribution is -2.21. The average molecular weight is 380 g/mol. The van der Waals surface area contributed by atoms with Gasteiger partial charge in [-0.1, -0.05) is 0 Å². The van der Waals surface area contributed by atoms with E-state index in [9.17, 15) is 22.8 Å². The maximum absolute atomic E-state index is 12.5. The van der Waals surface area contributed by atoms with E-state index >= 15 is 0 Å². The lowest BCUT2D eigenvalue weighted by molar-refractivity contribution is -0.137. The van der Waals surface area contributed by atoms with Crippen LogP contribution in [-0.4, -0.2) is 23.5 Å². The number of aromatic nitrogens is 1. The number of thiazole rings is 1. The fourth-order valence-corrected chi connectivity index (χ4v) is 2.85. The van der Waals surface area contributed by atoms with Crippen LogP contribution in [0.25, 0.3) is 10.2 Å². The molecule has 0 radical (unpaired) electrons. The van der Waals surface area contributed by atoms with Crippen LogP contribution in [0.4, 0.5) is 18.9 Å². The Hall–Kier alpha value is -2.94. The molecule has 3 aromatic rings. The molecule has 0 aliphatic heterocycles. The number of fused-ring (bicyclic) bond motifs is 1. The molecule has 2 aromatic carbocycles. The van der Waals surface area contributed by atoms with Gasteiger partial charge in [-0.15, -0.1) is 11.3 Å². The second kappa shape index (κ2) is 7.12. The number of nitrogens with one attached hydrogen (secondary N) is 1. The van der Waals surface area contributed by atoms with Crippen molar-refractivity contribution in [3.63, 3.8) is 0 Å². The minimum Gasteiger partial charge on any atom is -0.452 e. The van der Waals surface area contributed by atoms with Crippen molar-refractivity contribution in [2.24, 2.45) is 0 Å². The Balaban J connectivity index is 1.55. The molecule has 0 unspecified atom stereocenters. The zero-order valence-electron chi connectivity index (χ0n) is 13.0. The molecule has 1 aromatic heterocycles. The predicted molar refractivity (Wildman–Crippen MR) is 90.0 cm³/mol. The SMILES string of the molecule is O=C(COC(=O)c1ccc2ncsc2c1)Nc1ccc(C(F)(F)F)cc1. The van der Waals surface area contributed by atoms with Crippen molar-refractivity contribution in [3.8, 4) is 0 Å². The number of hydrogen-bond donors (Lipinski definition) is 1. The van der Waals surface area contributed by atoms with Gasteiger partial charge < -0.3 is 10.1 Å². The summed E-state index contributed by atoms with van der Waals surface area (Å²) in [6.45, 7) is -0.555. The van der Waals surface area contributed by atoms with Gasteiger partial charge in [0.2, 0.25) is 0 Å². The molecule has 1 N–H and O–H groups in total. The van der Waals surface area contributed by atoms with E-state index in [1.807, 2.05) is 0 Å². The fraction of sp³-hybridized carbons (Fsp3) is 0.118. The number of halogens is 3. The summed E-state index contributed by atoms with van der Waals surface area (Å²) >= 11 is 1.37. The molecule has 9 heteroatoms. The van der Waals surface area contributed by atoms with E-state index in [4.69, 9.17) is 4.74 Å². The third-order valence-corrected chi connectivity index (χ3v) is 4.19. The summed E-state index contributed by atoms with van der Waals surface area (Å²) < 4.78 is 43.2. The van der Waals surface area contributed by atoms with Crippen LogP contribution >= 0.6 is 11.3 Å². The van der Waals surface area contributed by atoms with E-state index in [0.29, 0.717) is 0 Å². The normalized spacial score (nSPS) is 11.3. The highest BCUT2D eigenvalue weighted by atomic mass is 32.1. The highest BCUT2D eigenvalue weighted by Gasteiger charge is 2.30. The number of alkyl halides is 3. The van der Waals surface area contributed by atoms with Crippen molar-refractivity contribution in [1.82, 2.24) is 4.98 Å². The monoisotopic (exact) mass is 380 g/mol. The Morgan fingerprint density at radius 2 is 1.85 bits per heavy atom. The van der Waals surface area contributed by atoms with Gasteiger partial charge >= 0.3 is 12.1 Å². The third kappa shape index (κ3) is 4.17. The van der Waals surface area contributed by atoms with Crippen LogP contribution in [0.2, 0.25) is 0 Å². The van der Waals surface area contributed by atoms with Crippen LogP contribution in [-0.2, 0) is 15.7 Å². The van der Waals surface area contributed by atoms with E-state index in [1.165, 1.54) is 17.4 Å². The van der Waals surface area contributed by atoms with Gasteiger partial charge in [-0.3, -0.25) is 4.79 Å². The number of anilines is 1. The van der Waals surface area contributed by atoms with E-state index in [2.05, 4.69) is 10.3 Å². The Labute approximate surface area is 149 Å². The highest BCUT2D eigenvalue weighted by molar-refractivity contribution is 7.16. The summed E-state index contributed by atoms with van der Waals surface area (Å²) in [5.41, 5.74) is 2.04. The molecular weight excluding hydrogens is 369 g/mol. The summed E-state index contributed by atoms with van der Waals surface area (Å²) in [6.07, 6.45) is -4.45. The van der Waals surface area contributed by atoms with Gasteiger partial charge in [0.1, 0.15) is 0 Å². The molecule has 0 bridgehead atoms. The lowest BCUT2D eigenvalue weighted by atomic mass is 10.2. The summed E-state index contributed by atoms with van der Waals surface area (Å²) in [5.74, 6) is -1.33. The van der Waals surface area contributed by atoms with Crippen molar-refractivity contribution in [1.29, 1.82) is 0 Å². The fourth-order valence-electron chi connectivity index (χ4n) is 2.14. The van der Waals surface area contributed by atoms with E-state index in [-0.39, 0.29) is 11.3 Å². The molecule has 1 amide bonds. The minimum absolute atomic E-state index is 0.171. The van der Waals surface area contributed by atoms with Crippen molar-refractivity contribution in [2.45, 2.75) is 6.18 Å². The standard InChI is InChI=1S/C17H11F3N2O3S/c18-17(19,20)11-2-4-12(5-3-11)22-15(23)8-25-16(24)10-1-6-13-14(7-10)26-9-21-13/h1-7,9H,8H2,(H,22,23). The van der Waals surface area contributed by atoms with E-state index < -0.39 is 30.2 Å². The number of esters is 1. The van der Waals surface area contributed by atoms with Gasteiger partial charge in [-0.2, -0.15) is 13.2 Å². The lowest BCUT2D eigenvalue weighted by Gasteiger charge is -2.09. The molecule has 0 aliphatic rings. The summed E-state index contributed by atoms with van der Waals surface area (Å²) in [4.78, 5) is 27.9. The van der Waals surface area contributed by atoms with E-state index in [1.54, 1.807) is 17.6 Å². The largest absolute Gasteiger partial charge is 0.452 e. The molecule has 3 rings (SSSR count). The molecule has 0 atom stereocenters. The van der Waals surface area contributed by atoms with Crippen LogP contribution < -0.4 is 5.32 Å². The first-order chi connectivity index (χ1) is 12.3. The Bertz CT molecular complexity index is 952. The number of hydrogen-bond acceptors (Lipinski definition) is 5. The molecule has 1 heterocycles. The van der Waals surface area contributed by atoms with Crippen LogP contribution in [0, 0.1) is 0 Å². The molecule has 0 saturated heterocycles. The van der Waals surface area contributed by atoms with Crippen LogP contribution in [0.15, 0.2) is 48.0 Å². The maximum atomic E-state index is 12.5. The Kier molecular flexibility index (Phi) is 4.90. The number of carbonyl (C=O) groups is 2. The van der Waals surface area contributed by atoms with Gasteiger partial charge in [0, 0.05) is 5.69 Å². The average Bonchev–Trinajstić information content (AvgIpc) is 3.07. The first-order valence-corrected chi connectivity index (χ1v) is 8.18. The number of amides is 1. The topological polar surface area (TPSA) is 68.3 Å². The molecule has 26 heavy (non-hydrogen) atoms. The predicted octanol–water partition coefficient (Wildman–Crippen LogP) is 4.11. The molecule has 0 saturated carbocycles. The van der Waals surface area contributed by atoms with Crippen molar-refractivity contribution in [2.75, 3.05) is 11.9 Å². The minimum atomic E-state index is -4.45. The quantitative estimate of drug-likeness (QED) is 0.692. The molecule has 5 nitrogen and oxygen atoms in total. The maximum Gasteiger partial charge on any atom is 0.416 e. The molecular formula is C17H11F3N2O3S. The van der Waals surface area contributed by atoms with Gasteiger partial charge in [0.15, 0.2) is 6.61 Å². The summed E-state index contributed by atoms with van der Waals surface area (Å²) in [6, 6.07) is 8.78. The molecule has 0 aliphatic carbocycles. The zero-order chi connectivity index (χ0) is 18.7. The highest BCUT2D eigenvalue weighted by Crippen LogP contribution is 2.29. The molecule has 0 spiro atoms. The van der Waals surface area contributed by atoms with Crippen molar-refractivity contribution >= 4 is 39.1 Å². The third-order valence-electron chi connectivity index (χ3n) is 3.40. The second-order valence-corrected chi connectivity index (χ2v) is 6.12. The Morgan fingerprint density at radius 1 is 1.12 bits per heavy atom. The van der Waals surface area contributed by atoms with Crippen molar-refractivity contribution < 1.29 is 27.5 Å². The molecule has 134 valence electrons. The van der Waals surface area contributed by atoms with Gasteiger partial charge in [0.25, 0.3) is 5.91 Å². The first kappa shape index (κ1) is 17.9. The smallest absolute Gasteiger partial charge is 0.416 e. The number of rotatable bonds is 4. The molecule has 0 fully saturated rings. The number of carbonyl (C=O) groups excluding carboxylic acids is 2. The number of nitrogens with zero attached hydrogens (tertiary/aromatic N) is 1. The number of benzene rings is 2. The van der Waals surface area contributed by atoms with Gasteiger partial charge in [0.05, 0.1) is 26.9 Å². The summed E-state index contributed by atoms with van der Waals surface area (Å²) in [7, 11) is 0. The second-order valence-electron chi connectivity index (χ2n) is 5.23. The Morgan fingerprint density at radius 3 is 2.54 bits per heavy atom. The van der Waals surface area contributed by atoms with Crippen LogP contribution in [0.5, 0.6) is 0 Å². The first-order valence-electron chi connectivity index (χ1n) is 7.30. The zero-order valence-corrected chi connectivity index (χ0v) is 13.9. The van der Waals surface area contributed by atoms with Gasteiger partial charge in [-0.05, 0) is 42.5 Å². The van der Waals surface area contributed by atoms with Crippen molar-refractivity contribution in [3.05, 3.63) is 59.1 Å². The number of ether oxygens (including phenoxy) is 1. The van der Waals surface area contributed by atoms with Gasteiger partial charge in [-0.25, -0.2) is 9.78 Å². The van der Waals surface area contributed by atoms with Crippen LogP contribution in [0.3, 0.4) is 0 Å². The van der Waals surface area contributed by atoms with E-state index in [0.717, 1.165) is 34.5 Å². The van der Waals surface area contributed by atoms with Crippen LogP contribution in [0.1, 0.15) is 15.9 Å². The summed E-state index contributed by atoms with van der Waals surface area (Å²) in [5, 5.41) is 2.36.